The lowest BCUT2D eigenvalue weighted by Crippen LogP contribution is -2.55. The van der Waals surface area contributed by atoms with E-state index in [9.17, 15) is 44.1 Å². The van der Waals surface area contributed by atoms with Gasteiger partial charge >= 0.3 is 0 Å². The number of aldehydes is 1. The summed E-state index contributed by atoms with van der Waals surface area (Å²) in [6.07, 6.45) is -0.284. The highest BCUT2D eigenvalue weighted by Crippen LogP contribution is 2.33. The highest BCUT2D eigenvalue weighted by atomic mass is 32.1. The van der Waals surface area contributed by atoms with Crippen LogP contribution in [0.25, 0.3) is 0 Å². The van der Waals surface area contributed by atoms with E-state index in [1.807, 2.05) is 0 Å². The van der Waals surface area contributed by atoms with Gasteiger partial charge in [-0.1, -0.05) is 23.5 Å². The van der Waals surface area contributed by atoms with Crippen molar-refractivity contribution in [3.05, 3.63) is 29.1 Å². The van der Waals surface area contributed by atoms with Crippen molar-refractivity contribution in [3.63, 3.8) is 0 Å². The van der Waals surface area contributed by atoms with E-state index in [1.165, 1.54) is 19.1 Å². The number of benzene rings is 1. The molecule has 5 N–H and O–H groups in total. The van der Waals surface area contributed by atoms with Crippen LogP contribution < -0.4 is 20.4 Å². The molecule has 0 radical (unpaired) electrons. The third kappa shape index (κ3) is 6.68. The van der Waals surface area contributed by atoms with Crippen LogP contribution in [0.5, 0.6) is 11.1 Å². The van der Waals surface area contributed by atoms with Crippen LogP contribution in [-0.4, -0.2) is 87.8 Å². The molecule has 0 unspecified atom stereocenters. The molecule has 0 spiro atoms. The Morgan fingerprint density at radius 2 is 1.87 bits per heavy atom. The summed E-state index contributed by atoms with van der Waals surface area (Å²) in [5, 5.41) is 33.1. The lowest BCUT2D eigenvalue weighted by molar-refractivity contribution is -0.129. The van der Waals surface area contributed by atoms with Gasteiger partial charge in [-0.05, 0) is 19.1 Å². The number of fused-ring (bicyclic) bond motifs is 1. The Balaban J connectivity index is 1.92. The Morgan fingerprint density at radius 1 is 1.18 bits per heavy atom. The van der Waals surface area contributed by atoms with Gasteiger partial charge in [-0.25, -0.2) is 0 Å². The molecule has 3 rings (SSSR count). The van der Waals surface area contributed by atoms with Crippen molar-refractivity contribution in [1.82, 2.24) is 15.6 Å². The Labute approximate surface area is 219 Å². The standard InChI is InChI=1S/C23H25N5O9S/c1-12(31)6-13(10-29)24-19(33)9-28-16-5-3-2-4-15(16)27(20(34)11-30)8-14(22(28)36)25-18(32)7-17-21(35)26-23(37)38-17/h2-5,10,13-14,30,35H,6-9,11H2,1H3,(H,24,33)(H,25,32)(H,26,37)/t13-,14-/m0/s1. The number of aliphatic hydroxyl groups excluding tert-OH is 1. The number of ketones is 1. The maximum Gasteiger partial charge on any atom is 0.274 e. The van der Waals surface area contributed by atoms with Gasteiger partial charge in [0.15, 0.2) is 0 Å². The molecule has 14 nitrogen and oxygen atoms in total. The molecule has 1 aliphatic heterocycles. The lowest BCUT2D eigenvalue weighted by Gasteiger charge is -2.25. The van der Waals surface area contributed by atoms with Crippen LogP contribution >= 0.6 is 11.3 Å². The Kier molecular flexibility index (Phi) is 9.09. The van der Waals surface area contributed by atoms with Gasteiger partial charge in [-0.3, -0.25) is 28.9 Å². The van der Waals surface area contributed by atoms with Crippen LogP contribution in [0.4, 0.5) is 11.4 Å². The maximum atomic E-state index is 13.6. The van der Waals surface area contributed by atoms with Gasteiger partial charge in [0.05, 0.1) is 35.3 Å². The lowest BCUT2D eigenvalue weighted by atomic mass is 10.1. The molecule has 202 valence electrons. The van der Waals surface area contributed by atoms with Crippen LogP contribution in [0.2, 0.25) is 0 Å². The van der Waals surface area contributed by atoms with E-state index in [0.29, 0.717) is 17.6 Å². The molecule has 15 heteroatoms. The molecule has 4 amide bonds. The number of rotatable bonds is 10. The molecule has 2 atom stereocenters. The Hall–Kier alpha value is -4.37. The molecular weight excluding hydrogens is 522 g/mol. The van der Waals surface area contributed by atoms with Crippen molar-refractivity contribution in [3.8, 4) is 11.1 Å². The van der Waals surface area contributed by atoms with Gasteiger partial charge in [0.25, 0.3) is 17.0 Å². The summed E-state index contributed by atoms with van der Waals surface area (Å²) in [6, 6.07) is 3.60. The second-order valence-electron chi connectivity index (χ2n) is 8.33. The summed E-state index contributed by atoms with van der Waals surface area (Å²) in [4.78, 5) is 79.9. The Bertz CT molecular complexity index is 1260. The van der Waals surface area contributed by atoms with E-state index < -0.39 is 66.4 Å². The molecule has 1 aromatic heterocycles. The quantitative estimate of drug-likeness (QED) is 0.220. The summed E-state index contributed by atoms with van der Waals surface area (Å²) >= 11 is 0.665. The van der Waals surface area contributed by atoms with Gasteiger partial charge in [0.2, 0.25) is 17.7 Å². The van der Waals surface area contributed by atoms with E-state index in [2.05, 4.69) is 15.6 Å². The first-order chi connectivity index (χ1) is 18.0. The number of aliphatic hydroxyl groups is 1. The number of anilines is 2. The van der Waals surface area contributed by atoms with Crippen LogP contribution in [-0.2, 0) is 35.2 Å². The number of thiazole rings is 1. The number of nitrogens with zero attached hydrogens (tertiary/aromatic N) is 3. The van der Waals surface area contributed by atoms with Crippen molar-refractivity contribution in [1.29, 1.82) is 0 Å². The summed E-state index contributed by atoms with van der Waals surface area (Å²) in [7, 11) is 0. The number of hydrogen-bond donors (Lipinski definition) is 5. The van der Waals surface area contributed by atoms with E-state index in [-0.39, 0.29) is 35.0 Å². The smallest absolute Gasteiger partial charge is 0.274 e. The molecule has 0 bridgehead atoms. The molecular formula is C23H25N5O9S. The average molecular weight is 548 g/mol. The van der Waals surface area contributed by atoms with Crippen LogP contribution in [0.15, 0.2) is 24.3 Å². The fourth-order valence-corrected chi connectivity index (χ4v) is 4.55. The number of amides is 4. The van der Waals surface area contributed by atoms with Gasteiger partial charge in [0.1, 0.15) is 31.3 Å². The predicted molar refractivity (Wildman–Crippen MR) is 133 cm³/mol. The number of aromatic nitrogens is 1. The number of Topliss-reactive ketones (excluding diaryl/α,β-unsaturated/α-hetero) is 1. The van der Waals surface area contributed by atoms with Gasteiger partial charge < -0.3 is 35.6 Å². The first kappa shape index (κ1) is 28.2. The van der Waals surface area contributed by atoms with Crippen molar-refractivity contribution >= 4 is 58.4 Å². The number of nitrogens with one attached hydrogen (secondary N) is 2. The summed E-state index contributed by atoms with van der Waals surface area (Å²) in [6.45, 7) is -0.649. The molecule has 2 aromatic rings. The number of aromatic hydroxyl groups is 2. The predicted octanol–water partition coefficient (Wildman–Crippen LogP) is -1.38. The maximum absolute atomic E-state index is 13.6. The van der Waals surface area contributed by atoms with Gasteiger partial charge in [0, 0.05) is 6.42 Å². The topological polar surface area (TPSA) is 207 Å². The van der Waals surface area contributed by atoms with E-state index in [4.69, 9.17) is 0 Å². The molecule has 1 aliphatic rings. The zero-order chi connectivity index (χ0) is 28.0. The number of carbonyl (C=O) groups excluding carboxylic acids is 6. The fourth-order valence-electron chi connectivity index (χ4n) is 3.86. The largest absolute Gasteiger partial charge is 0.492 e. The SMILES string of the molecule is CC(=O)C[C@@H](C=O)NC(=O)CN1C(=O)[C@@H](NC(=O)Cc2sc(O)nc2O)CN(C(=O)CO)c2ccccc21. The first-order valence-electron chi connectivity index (χ1n) is 11.3. The van der Waals surface area contributed by atoms with Crippen molar-refractivity contribution in [2.75, 3.05) is 29.5 Å². The average Bonchev–Trinajstić information content (AvgIpc) is 3.13. The minimum absolute atomic E-state index is 0.0363. The zero-order valence-corrected chi connectivity index (χ0v) is 20.9. The van der Waals surface area contributed by atoms with E-state index >= 15 is 0 Å². The molecule has 0 aliphatic carbocycles. The third-order valence-electron chi connectivity index (χ3n) is 5.47. The van der Waals surface area contributed by atoms with Crippen LogP contribution in [0, 0.1) is 0 Å². The number of carbonyl (C=O) groups is 6. The molecule has 2 heterocycles. The summed E-state index contributed by atoms with van der Waals surface area (Å²) in [5.74, 6) is -3.96. The van der Waals surface area contributed by atoms with Gasteiger partial charge in [-0.15, -0.1) is 0 Å². The van der Waals surface area contributed by atoms with Crippen molar-refractivity contribution < 1.29 is 44.1 Å². The summed E-state index contributed by atoms with van der Waals surface area (Å²) < 4.78 is 0. The van der Waals surface area contributed by atoms with Crippen molar-refractivity contribution in [2.45, 2.75) is 31.8 Å². The third-order valence-corrected chi connectivity index (χ3v) is 6.32. The normalized spacial score (nSPS) is 15.7. The van der Waals surface area contributed by atoms with Crippen molar-refractivity contribution in [2.24, 2.45) is 0 Å². The monoisotopic (exact) mass is 547 g/mol. The van der Waals surface area contributed by atoms with Gasteiger partial charge in [-0.2, -0.15) is 4.98 Å². The molecule has 1 aromatic carbocycles. The first-order valence-corrected chi connectivity index (χ1v) is 12.1. The fraction of sp³-hybridized carbons (Fsp3) is 0.348. The minimum Gasteiger partial charge on any atom is -0.492 e. The van der Waals surface area contributed by atoms with Crippen LogP contribution in [0.3, 0.4) is 0 Å². The van der Waals surface area contributed by atoms with E-state index in [1.54, 1.807) is 12.1 Å². The highest BCUT2D eigenvalue weighted by molar-refractivity contribution is 7.13. The molecule has 38 heavy (non-hydrogen) atoms. The molecule has 0 saturated heterocycles. The highest BCUT2D eigenvalue weighted by Gasteiger charge is 2.37. The number of para-hydroxylation sites is 2. The van der Waals surface area contributed by atoms with Crippen LogP contribution in [0.1, 0.15) is 18.2 Å². The second kappa shape index (κ2) is 12.2. The Morgan fingerprint density at radius 3 is 2.45 bits per heavy atom. The minimum atomic E-state index is -1.39. The zero-order valence-electron chi connectivity index (χ0n) is 20.1. The summed E-state index contributed by atoms with van der Waals surface area (Å²) in [5.41, 5.74) is 0.315. The number of hydrogen-bond acceptors (Lipinski definition) is 11. The van der Waals surface area contributed by atoms with E-state index in [0.717, 1.165) is 9.80 Å². The molecule has 0 saturated carbocycles. The molecule has 0 fully saturated rings. The second-order valence-corrected chi connectivity index (χ2v) is 9.39.